The fourth-order valence-electron chi connectivity index (χ4n) is 3.71. The van der Waals surface area contributed by atoms with Gasteiger partial charge in [0.05, 0.1) is 19.9 Å². The number of rotatable bonds is 5. The van der Waals surface area contributed by atoms with Crippen LogP contribution in [-0.4, -0.2) is 20.1 Å². The molecule has 1 amide bonds. The normalized spacial score (nSPS) is 24.3. The number of amides is 1. The van der Waals surface area contributed by atoms with Crippen molar-refractivity contribution in [1.29, 1.82) is 0 Å². The Morgan fingerprint density at radius 3 is 2.57 bits per heavy atom. The lowest BCUT2D eigenvalue weighted by molar-refractivity contribution is -0.124. The van der Waals surface area contributed by atoms with Gasteiger partial charge in [0, 0.05) is 5.92 Å². The molecule has 23 heavy (non-hydrogen) atoms. The molecule has 3 atom stereocenters. The molecule has 1 aliphatic carbocycles. The Morgan fingerprint density at radius 1 is 1.22 bits per heavy atom. The van der Waals surface area contributed by atoms with Crippen molar-refractivity contribution < 1.29 is 14.3 Å². The SMILES string of the molecule is COc1cccc(NC(=O)[C@@H]2C[C@H](C)CC[C@H]2C(C)C)c1OC. The summed E-state index contributed by atoms with van der Waals surface area (Å²) in [5.41, 5.74) is 0.678. The number of carbonyl (C=O) groups is 1. The summed E-state index contributed by atoms with van der Waals surface area (Å²) in [7, 11) is 3.19. The smallest absolute Gasteiger partial charge is 0.227 e. The van der Waals surface area contributed by atoms with Gasteiger partial charge in [-0.15, -0.1) is 0 Å². The molecule has 128 valence electrons. The van der Waals surface area contributed by atoms with E-state index in [2.05, 4.69) is 26.1 Å². The molecule has 1 aromatic carbocycles. The van der Waals surface area contributed by atoms with Crippen molar-refractivity contribution >= 4 is 11.6 Å². The third-order valence-corrected chi connectivity index (χ3v) is 5.02. The first-order chi connectivity index (χ1) is 11.0. The number of hydrogen-bond donors (Lipinski definition) is 1. The summed E-state index contributed by atoms with van der Waals surface area (Å²) in [4.78, 5) is 12.9. The van der Waals surface area contributed by atoms with Crippen LogP contribution in [0.25, 0.3) is 0 Å². The van der Waals surface area contributed by atoms with Crippen molar-refractivity contribution in [3.8, 4) is 11.5 Å². The number of ether oxygens (including phenoxy) is 2. The molecule has 0 aromatic heterocycles. The van der Waals surface area contributed by atoms with Gasteiger partial charge in [-0.2, -0.15) is 0 Å². The lowest BCUT2D eigenvalue weighted by atomic mass is 9.70. The van der Waals surface area contributed by atoms with Crippen molar-refractivity contribution in [2.75, 3.05) is 19.5 Å². The Kier molecular flexibility index (Phi) is 5.91. The summed E-state index contributed by atoms with van der Waals surface area (Å²) in [6, 6.07) is 5.55. The molecule has 0 radical (unpaired) electrons. The zero-order chi connectivity index (χ0) is 17.0. The van der Waals surface area contributed by atoms with Crippen molar-refractivity contribution in [3.63, 3.8) is 0 Å². The Labute approximate surface area is 139 Å². The van der Waals surface area contributed by atoms with Crippen LogP contribution in [0.5, 0.6) is 11.5 Å². The quantitative estimate of drug-likeness (QED) is 0.877. The molecule has 1 saturated carbocycles. The monoisotopic (exact) mass is 319 g/mol. The molecule has 0 spiro atoms. The van der Waals surface area contributed by atoms with Crippen molar-refractivity contribution in [1.82, 2.24) is 0 Å². The Bertz CT molecular complexity index is 541. The standard InChI is InChI=1S/C19H29NO3/c1-12(2)14-10-9-13(3)11-15(14)19(21)20-16-7-6-8-17(22-4)18(16)23-5/h6-8,12-15H,9-11H2,1-5H3,(H,20,21)/t13-,14+,15-/m1/s1. The maximum Gasteiger partial charge on any atom is 0.227 e. The molecule has 2 rings (SSSR count). The minimum Gasteiger partial charge on any atom is -0.493 e. The molecule has 0 heterocycles. The summed E-state index contributed by atoms with van der Waals surface area (Å²) in [6.45, 7) is 6.67. The van der Waals surface area contributed by atoms with Gasteiger partial charge in [-0.05, 0) is 42.7 Å². The van der Waals surface area contributed by atoms with E-state index in [1.165, 1.54) is 6.42 Å². The lowest BCUT2D eigenvalue weighted by Crippen LogP contribution is -2.36. The van der Waals surface area contributed by atoms with E-state index in [1.54, 1.807) is 14.2 Å². The molecule has 1 fully saturated rings. The molecule has 0 saturated heterocycles. The van der Waals surface area contributed by atoms with Crippen molar-refractivity contribution in [3.05, 3.63) is 18.2 Å². The summed E-state index contributed by atoms with van der Waals surface area (Å²) in [5, 5.41) is 3.07. The predicted molar refractivity (Wildman–Crippen MR) is 93.0 cm³/mol. The molecule has 1 aliphatic rings. The Hall–Kier alpha value is -1.71. The van der Waals surface area contributed by atoms with E-state index in [1.807, 2.05) is 18.2 Å². The molecule has 0 unspecified atom stereocenters. The van der Waals surface area contributed by atoms with Crippen LogP contribution < -0.4 is 14.8 Å². The van der Waals surface area contributed by atoms with Gasteiger partial charge in [-0.1, -0.05) is 33.3 Å². The van der Waals surface area contributed by atoms with Gasteiger partial charge in [-0.3, -0.25) is 4.79 Å². The third-order valence-electron chi connectivity index (χ3n) is 5.02. The second-order valence-corrected chi connectivity index (χ2v) is 6.96. The number of methoxy groups -OCH3 is 2. The number of para-hydroxylation sites is 1. The van der Waals surface area contributed by atoms with Gasteiger partial charge >= 0.3 is 0 Å². The molecule has 0 aliphatic heterocycles. The maximum absolute atomic E-state index is 12.9. The highest BCUT2D eigenvalue weighted by molar-refractivity contribution is 5.94. The third kappa shape index (κ3) is 3.98. The maximum atomic E-state index is 12.9. The van der Waals surface area contributed by atoms with Gasteiger partial charge in [0.2, 0.25) is 5.91 Å². The van der Waals surface area contributed by atoms with E-state index >= 15 is 0 Å². The van der Waals surface area contributed by atoms with Crippen LogP contribution in [0.15, 0.2) is 18.2 Å². The van der Waals surface area contributed by atoms with Crippen LogP contribution in [0.4, 0.5) is 5.69 Å². The van der Waals surface area contributed by atoms with Crippen LogP contribution in [0.2, 0.25) is 0 Å². The number of nitrogens with one attached hydrogen (secondary N) is 1. The van der Waals surface area contributed by atoms with Crippen LogP contribution in [-0.2, 0) is 4.79 Å². The van der Waals surface area contributed by atoms with Gasteiger partial charge < -0.3 is 14.8 Å². The zero-order valence-corrected chi connectivity index (χ0v) is 14.9. The molecule has 1 aromatic rings. The largest absolute Gasteiger partial charge is 0.493 e. The number of anilines is 1. The highest BCUT2D eigenvalue weighted by Gasteiger charge is 2.35. The van der Waals surface area contributed by atoms with E-state index in [0.29, 0.717) is 34.9 Å². The first kappa shape index (κ1) is 17.6. The van der Waals surface area contributed by atoms with Gasteiger partial charge in [0.15, 0.2) is 11.5 Å². The second-order valence-electron chi connectivity index (χ2n) is 6.96. The minimum absolute atomic E-state index is 0.0645. The van der Waals surface area contributed by atoms with Crippen LogP contribution in [0, 0.1) is 23.7 Å². The predicted octanol–water partition coefficient (Wildman–Crippen LogP) is 4.35. The van der Waals surface area contributed by atoms with Gasteiger partial charge in [0.1, 0.15) is 0 Å². The first-order valence-electron chi connectivity index (χ1n) is 8.49. The molecular weight excluding hydrogens is 290 g/mol. The van der Waals surface area contributed by atoms with E-state index in [9.17, 15) is 4.79 Å². The minimum atomic E-state index is 0.0645. The second kappa shape index (κ2) is 7.71. The van der Waals surface area contributed by atoms with Crippen molar-refractivity contribution in [2.24, 2.45) is 23.7 Å². The number of benzene rings is 1. The Balaban J connectivity index is 2.20. The average Bonchev–Trinajstić information content (AvgIpc) is 2.54. The fourth-order valence-corrected chi connectivity index (χ4v) is 3.71. The molecule has 1 N–H and O–H groups in total. The van der Waals surface area contributed by atoms with E-state index in [0.717, 1.165) is 12.8 Å². The lowest BCUT2D eigenvalue weighted by Gasteiger charge is -2.36. The van der Waals surface area contributed by atoms with E-state index in [-0.39, 0.29) is 11.8 Å². The zero-order valence-electron chi connectivity index (χ0n) is 14.9. The van der Waals surface area contributed by atoms with E-state index < -0.39 is 0 Å². The summed E-state index contributed by atoms with van der Waals surface area (Å²) >= 11 is 0. The highest BCUT2D eigenvalue weighted by Crippen LogP contribution is 2.40. The molecule has 4 heteroatoms. The molecule has 0 bridgehead atoms. The van der Waals surface area contributed by atoms with Crippen LogP contribution >= 0.6 is 0 Å². The van der Waals surface area contributed by atoms with Crippen molar-refractivity contribution in [2.45, 2.75) is 40.0 Å². The topological polar surface area (TPSA) is 47.6 Å². The van der Waals surface area contributed by atoms with Crippen LogP contribution in [0.1, 0.15) is 40.0 Å². The van der Waals surface area contributed by atoms with E-state index in [4.69, 9.17) is 9.47 Å². The highest BCUT2D eigenvalue weighted by atomic mass is 16.5. The fraction of sp³-hybridized carbons (Fsp3) is 0.632. The Morgan fingerprint density at radius 2 is 1.96 bits per heavy atom. The van der Waals surface area contributed by atoms with Gasteiger partial charge in [-0.25, -0.2) is 0 Å². The average molecular weight is 319 g/mol. The van der Waals surface area contributed by atoms with Crippen LogP contribution in [0.3, 0.4) is 0 Å². The van der Waals surface area contributed by atoms with Gasteiger partial charge in [0.25, 0.3) is 0 Å². The summed E-state index contributed by atoms with van der Waals surface area (Å²) in [6.07, 6.45) is 3.31. The number of hydrogen-bond acceptors (Lipinski definition) is 3. The summed E-state index contributed by atoms with van der Waals surface area (Å²) < 4.78 is 10.7. The number of carbonyl (C=O) groups excluding carboxylic acids is 1. The molecule has 4 nitrogen and oxygen atoms in total. The molecular formula is C19H29NO3. The first-order valence-corrected chi connectivity index (χ1v) is 8.49. The summed E-state index contributed by atoms with van der Waals surface area (Å²) in [5.74, 6) is 2.94.